The van der Waals surface area contributed by atoms with E-state index in [1.165, 1.54) is 0 Å². The molecule has 0 bridgehead atoms. The number of guanidine groups is 1. The number of hydrogen-bond donors (Lipinski definition) is 5. The smallest absolute Gasteiger partial charge is 0.237 e. The molecule has 0 fully saturated rings. The Kier molecular flexibility index (Phi) is 6.90. The van der Waals surface area contributed by atoms with Crippen molar-refractivity contribution < 1.29 is 9.59 Å². The minimum absolute atomic E-state index is 0.108. The summed E-state index contributed by atoms with van der Waals surface area (Å²) < 4.78 is 0. The van der Waals surface area contributed by atoms with Gasteiger partial charge in [-0.1, -0.05) is 0 Å². The molecule has 1 amide bonds. The predicted octanol–water partition coefficient (Wildman–Crippen LogP) is -2.20. The summed E-state index contributed by atoms with van der Waals surface area (Å²) in [7, 11) is 0. The summed E-state index contributed by atoms with van der Waals surface area (Å²) in [6, 6.07) is -0.646. The van der Waals surface area contributed by atoms with E-state index in [0.29, 0.717) is 19.4 Å². The average molecular weight is 214 g/mol. The number of amides is 1. The van der Waals surface area contributed by atoms with Crippen LogP contribution >= 0.6 is 0 Å². The maximum Gasteiger partial charge on any atom is 0.237 e. The first kappa shape index (κ1) is 13.4. The van der Waals surface area contributed by atoms with Gasteiger partial charge in [0, 0.05) is 6.54 Å². The molecular weight excluding hydrogens is 198 g/mol. The molecule has 0 aliphatic rings. The van der Waals surface area contributed by atoms with Crippen molar-refractivity contribution in [3.63, 3.8) is 0 Å². The molecule has 1 radical (unpaired) electrons. The van der Waals surface area contributed by atoms with Crippen molar-refractivity contribution in [3.05, 3.63) is 0 Å². The molecule has 0 aliphatic heterocycles. The molecule has 0 aromatic carbocycles. The summed E-state index contributed by atoms with van der Waals surface area (Å²) in [6.07, 6.45) is 2.63. The highest BCUT2D eigenvalue weighted by Gasteiger charge is 2.11. The highest BCUT2D eigenvalue weighted by molar-refractivity contribution is 5.83. The Hall–Kier alpha value is -1.63. The predicted molar refractivity (Wildman–Crippen MR) is 55.8 cm³/mol. The molecule has 0 saturated heterocycles. The van der Waals surface area contributed by atoms with Gasteiger partial charge in [0.2, 0.25) is 12.2 Å². The normalized spacial score (nSPS) is 11.5. The Bertz CT molecular complexity index is 231. The number of rotatable bonds is 7. The minimum atomic E-state index is -0.646. The SMILES string of the molecule is N=C(N)NCCC[C@@H](N)C(=O)NC[C]=O. The molecule has 7 N–H and O–H groups in total. The van der Waals surface area contributed by atoms with E-state index in [1.807, 2.05) is 0 Å². The fourth-order valence-corrected chi connectivity index (χ4v) is 0.930. The quantitative estimate of drug-likeness (QED) is 0.186. The van der Waals surface area contributed by atoms with Gasteiger partial charge < -0.3 is 22.1 Å². The fraction of sp³-hybridized carbons (Fsp3) is 0.625. The van der Waals surface area contributed by atoms with Crippen LogP contribution < -0.4 is 22.1 Å². The van der Waals surface area contributed by atoms with Crippen molar-refractivity contribution >= 4 is 18.2 Å². The number of carbonyl (C=O) groups excluding carboxylic acids is 2. The lowest BCUT2D eigenvalue weighted by Crippen LogP contribution is -2.41. The Morgan fingerprint density at radius 3 is 2.67 bits per heavy atom. The van der Waals surface area contributed by atoms with Crippen molar-refractivity contribution in [1.82, 2.24) is 10.6 Å². The highest BCUT2D eigenvalue weighted by Crippen LogP contribution is 1.92. The Balaban J connectivity index is 3.54. The Morgan fingerprint density at radius 2 is 2.13 bits per heavy atom. The largest absolute Gasteiger partial charge is 0.370 e. The van der Waals surface area contributed by atoms with Crippen molar-refractivity contribution in [2.45, 2.75) is 18.9 Å². The zero-order valence-corrected chi connectivity index (χ0v) is 8.38. The topological polar surface area (TPSA) is 134 Å². The molecule has 0 aromatic heterocycles. The van der Waals surface area contributed by atoms with Gasteiger partial charge in [0.05, 0.1) is 12.6 Å². The summed E-state index contributed by atoms with van der Waals surface area (Å²) in [5.74, 6) is -0.482. The average Bonchev–Trinajstić information content (AvgIpc) is 2.20. The lowest BCUT2D eigenvalue weighted by molar-refractivity contribution is -0.122. The van der Waals surface area contributed by atoms with Crippen LogP contribution in [0.1, 0.15) is 12.8 Å². The molecule has 0 spiro atoms. The summed E-state index contributed by atoms with van der Waals surface area (Å²) >= 11 is 0. The molecule has 85 valence electrons. The third kappa shape index (κ3) is 7.44. The first-order valence-corrected chi connectivity index (χ1v) is 4.54. The Labute approximate surface area is 88.1 Å². The lowest BCUT2D eigenvalue weighted by Gasteiger charge is -2.10. The molecule has 0 unspecified atom stereocenters. The molecular formula is C8H16N5O2. The Morgan fingerprint density at radius 1 is 1.47 bits per heavy atom. The number of nitrogens with one attached hydrogen (secondary N) is 3. The van der Waals surface area contributed by atoms with E-state index >= 15 is 0 Å². The van der Waals surface area contributed by atoms with Crippen LogP contribution in [0.4, 0.5) is 0 Å². The van der Waals surface area contributed by atoms with Crippen LogP contribution in [0.25, 0.3) is 0 Å². The number of carbonyl (C=O) groups is 1. The molecule has 15 heavy (non-hydrogen) atoms. The standard InChI is InChI=1S/C8H16N5O2/c9-6(7(15)12-4-5-14)2-1-3-13-8(10)11/h6H,1-4,9H2,(H,12,15)(H4,10,11,13)/t6-/m1/s1. The van der Waals surface area contributed by atoms with E-state index in [0.717, 1.165) is 0 Å². The van der Waals surface area contributed by atoms with E-state index < -0.39 is 6.04 Å². The van der Waals surface area contributed by atoms with Crippen molar-refractivity contribution in [2.75, 3.05) is 13.1 Å². The molecule has 0 rings (SSSR count). The summed E-state index contributed by atoms with van der Waals surface area (Å²) in [5, 5.41) is 11.8. The van der Waals surface area contributed by atoms with E-state index in [4.69, 9.17) is 16.9 Å². The summed E-state index contributed by atoms with van der Waals surface area (Å²) in [5.41, 5.74) is 10.6. The van der Waals surface area contributed by atoms with E-state index in [-0.39, 0.29) is 18.4 Å². The van der Waals surface area contributed by atoms with Gasteiger partial charge in [-0.05, 0) is 12.8 Å². The van der Waals surface area contributed by atoms with Crippen LogP contribution in [0.3, 0.4) is 0 Å². The first-order valence-electron chi connectivity index (χ1n) is 4.54. The van der Waals surface area contributed by atoms with Gasteiger partial charge in [0.25, 0.3) is 0 Å². The maximum absolute atomic E-state index is 11.1. The first-order chi connectivity index (χ1) is 7.07. The molecule has 0 aliphatic carbocycles. The fourth-order valence-electron chi connectivity index (χ4n) is 0.930. The van der Waals surface area contributed by atoms with E-state index in [2.05, 4.69) is 10.6 Å². The van der Waals surface area contributed by atoms with Gasteiger partial charge in [-0.3, -0.25) is 15.0 Å². The van der Waals surface area contributed by atoms with Crippen molar-refractivity contribution in [2.24, 2.45) is 11.5 Å². The van der Waals surface area contributed by atoms with Crippen LogP contribution in [0.2, 0.25) is 0 Å². The monoisotopic (exact) mass is 214 g/mol. The molecule has 0 saturated carbocycles. The minimum Gasteiger partial charge on any atom is -0.370 e. The zero-order chi connectivity index (χ0) is 11.7. The second-order valence-electron chi connectivity index (χ2n) is 2.95. The molecule has 7 nitrogen and oxygen atoms in total. The molecule has 7 heteroatoms. The third-order valence-corrected chi connectivity index (χ3v) is 1.68. The lowest BCUT2D eigenvalue weighted by atomic mass is 10.1. The van der Waals surface area contributed by atoms with Gasteiger partial charge in [-0.2, -0.15) is 0 Å². The maximum atomic E-state index is 11.1. The highest BCUT2D eigenvalue weighted by atomic mass is 16.2. The van der Waals surface area contributed by atoms with Crippen LogP contribution in [0.15, 0.2) is 0 Å². The second kappa shape index (κ2) is 7.74. The van der Waals surface area contributed by atoms with Crippen LogP contribution in [-0.2, 0) is 9.59 Å². The van der Waals surface area contributed by atoms with E-state index in [9.17, 15) is 9.59 Å². The van der Waals surface area contributed by atoms with Crippen LogP contribution in [0.5, 0.6) is 0 Å². The summed E-state index contributed by atoms with van der Waals surface area (Å²) in [4.78, 5) is 21.0. The molecule has 0 aromatic rings. The van der Waals surface area contributed by atoms with Crippen molar-refractivity contribution in [3.8, 4) is 0 Å². The molecule has 1 atom stereocenters. The van der Waals surface area contributed by atoms with Crippen molar-refractivity contribution in [1.29, 1.82) is 5.41 Å². The van der Waals surface area contributed by atoms with Crippen LogP contribution in [-0.4, -0.2) is 37.3 Å². The number of nitrogens with two attached hydrogens (primary N) is 2. The van der Waals surface area contributed by atoms with Crippen LogP contribution in [0, 0.1) is 5.41 Å². The van der Waals surface area contributed by atoms with Gasteiger partial charge in [0.1, 0.15) is 0 Å². The second-order valence-corrected chi connectivity index (χ2v) is 2.95. The van der Waals surface area contributed by atoms with Gasteiger partial charge in [-0.25, -0.2) is 0 Å². The molecule has 0 heterocycles. The number of hydrogen-bond acceptors (Lipinski definition) is 4. The van der Waals surface area contributed by atoms with Gasteiger partial charge in [0.15, 0.2) is 5.96 Å². The van der Waals surface area contributed by atoms with E-state index in [1.54, 1.807) is 6.29 Å². The zero-order valence-electron chi connectivity index (χ0n) is 8.38. The van der Waals surface area contributed by atoms with Gasteiger partial charge in [-0.15, -0.1) is 0 Å². The summed E-state index contributed by atoms with van der Waals surface area (Å²) in [6.45, 7) is 0.356. The van der Waals surface area contributed by atoms with Gasteiger partial charge >= 0.3 is 0 Å². The third-order valence-electron chi connectivity index (χ3n) is 1.68.